The van der Waals surface area contributed by atoms with Crippen LogP contribution >= 0.6 is 11.6 Å². The molecule has 0 saturated heterocycles. The second-order valence-electron chi connectivity index (χ2n) is 1.89. The lowest BCUT2D eigenvalue weighted by Crippen LogP contribution is -1.86. The van der Waals surface area contributed by atoms with Crippen molar-refractivity contribution in [3.05, 3.63) is 28.5 Å². The molecule has 1 rings (SSSR count). The fourth-order valence-electron chi connectivity index (χ4n) is 0.618. The Bertz CT molecular complexity index is 289. The predicted molar refractivity (Wildman–Crippen MR) is 50.0 cm³/mol. The summed E-state index contributed by atoms with van der Waals surface area (Å²) in [4.78, 5) is 3.90. The van der Waals surface area contributed by atoms with Gasteiger partial charge in [-0.1, -0.05) is 25.4 Å². The summed E-state index contributed by atoms with van der Waals surface area (Å²) in [5, 5.41) is 8.86. The number of aryl methyl sites for hydroxylation is 1. The highest BCUT2D eigenvalue weighted by Gasteiger charge is 1.98. The fraction of sp³-hybridized carbons (Fsp3) is 0.333. The summed E-state index contributed by atoms with van der Waals surface area (Å²) in [5.74, 6) is 0. The molecule has 0 atom stereocenters. The highest BCUT2D eigenvalue weighted by atomic mass is 35.5. The van der Waals surface area contributed by atoms with E-state index in [2.05, 4.69) is 4.98 Å². The maximum absolute atomic E-state index is 8.45. The van der Waals surface area contributed by atoms with E-state index in [0.717, 1.165) is 5.69 Å². The minimum Gasteiger partial charge on any atom is -0.241 e. The van der Waals surface area contributed by atoms with Crippen molar-refractivity contribution in [2.24, 2.45) is 0 Å². The van der Waals surface area contributed by atoms with Gasteiger partial charge in [0.25, 0.3) is 0 Å². The first-order valence-electron chi connectivity index (χ1n) is 3.77. The number of nitriles is 1. The van der Waals surface area contributed by atoms with E-state index < -0.39 is 0 Å². The van der Waals surface area contributed by atoms with E-state index in [1.54, 1.807) is 12.1 Å². The molecule has 0 aliphatic carbocycles. The Labute approximate surface area is 77.8 Å². The Morgan fingerprint density at radius 3 is 2.42 bits per heavy atom. The van der Waals surface area contributed by atoms with E-state index in [1.165, 1.54) is 0 Å². The second-order valence-corrected chi connectivity index (χ2v) is 2.30. The molecule has 0 aromatic carbocycles. The number of halogens is 1. The van der Waals surface area contributed by atoms with Crippen molar-refractivity contribution in [3.8, 4) is 6.07 Å². The maximum Gasteiger partial charge on any atom is 0.159 e. The Balaban J connectivity index is 0.000000561. The molecule has 1 aromatic rings. The predicted octanol–water partition coefficient (Wildman–Crippen LogP) is 2.94. The molecule has 0 N–H and O–H groups in total. The second kappa shape index (κ2) is 5.56. The number of rotatable bonds is 0. The van der Waals surface area contributed by atoms with Crippen LogP contribution in [-0.4, -0.2) is 4.98 Å². The molecule has 0 radical (unpaired) electrons. The van der Waals surface area contributed by atoms with Gasteiger partial charge >= 0.3 is 0 Å². The normalized spacial score (nSPS) is 7.92. The lowest BCUT2D eigenvalue weighted by Gasteiger charge is -1.93. The van der Waals surface area contributed by atoms with Crippen LogP contribution in [0.25, 0.3) is 0 Å². The average Bonchev–Trinajstić information content (AvgIpc) is 2.13. The van der Waals surface area contributed by atoms with E-state index in [9.17, 15) is 0 Å². The van der Waals surface area contributed by atoms with Crippen LogP contribution in [0, 0.1) is 18.3 Å². The fourth-order valence-corrected chi connectivity index (χ4v) is 0.766. The van der Waals surface area contributed by atoms with Gasteiger partial charge in [0, 0.05) is 5.69 Å². The third-order valence-corrected chi connectivity index (χ3v) is 1.40. The molecule has 0 aliphatic heterocycles. The smallest absolute Gasteiger partial charge is 0.159 e. The minimum absolute atomic E-state index is 0.293. The molecule has 0 bridgehead atoms. The van der Waals surface area contributed by atoms with Gasteiger partial charge in [-0.05, 0) is 19.1 Å². The zero-order valence-electron chi connectivity index (χ0n) is 7.43. The highest BCUT2D eigenvalue weighted by Crippen LogP contribution is 2.11. The summed E-state index contributed by atoms with van der Waals surface area (Å²) in [5.41, 5.74) is 1.10. The summed E-state index contributed by atoms with van der Waals surface area (Å²) in [7, 11) is 0. The third kappa shape index (κ3) is 2.89. The first-order valence-corrected chi connectivity index (χ1v) is 4.15. The molecule has 3 heteroatoms. The van der Waals surface area contributed by atoms with Gasteiger partial charge in [0.1, 0.15) is 6.07 Å². The summed E-state index contributed by atoms with van der Waals surface area (Å²) in [6.45, 7) is 5.82. The zero-order chi connectivity index (χ0) is 9.56. The van der Waals surface area contributed by atoms with Crippen LogP contribution in [0.15, 0.2) is 12.1 Å². The lowest BCUT2D eigenvalue weighted by atomic mass is 10.3. The first kappa shape index (κ1) is 10.9. The Morgan fingerprint density at radius 1 is 1.42 bits per heavy atom. The van der Waals surface area contributed by atoms with Gasteiger partial charge in [-0.25, -0.2) is 4.98 Å². The largest absolute Gasteiger partial charge is 0.241 e. The molecule has 1 aromatic heterocycles. The molecule has 0 unspecified atom stereocenters. The molecule has 0 spiro atoms. The molecule has 0 saturated carbocycles. The minimum atomic E-state index is 0.293. The molecular weight excluding hydrogens is 172 g/mol. The van der Waals surface area contributed by atoms with Gasteiger partial charge in [-0.3, -0.25) is 0 Å². The van der Waals surface area contributed by atoms with Crippen molar-refractivity contribution < 1.29 is 0 Å². The Morgan fingerprint density at radius 2 is 2.00 bits per heavy atom. The molecule has 0 aliphatic rings. The topological polar surface area (TPSA) is 36.7 Å². The van der Waals surface area contributed by atoms with Crippen LogP contribution in [0.1, 0.15) is 25.2 Å². The quantitative estimate of drug-likeness (QED) is 0.619. The molecule has 1 heterocycles. The van der Waals surface area contributed by atoms with Gasteiger partial charge in [0.05, 0.1) is 5.02 Å². The average molecular weight is 183 g/mol. The Kier molecular flexibility index (Phi) is 5.07. The number of nitrogens with zero attached hydrogens (tertiary/aromatic N) is 2. The maximum atomic E-state index is 8.45. The SMILES string of the molecule is CC.Cc1ccc(Cl)c(C#N)n1. The highest BCUT2D eigenvalue weighted by molar-refractivity contribution is 6.31. The van der Waals surface area contributed by atoms with Crippen molar-refractivity contribution >= 4 is 11.6 Å². The van der Waals surface area contributed by atoms with Gasteiger partial charge in [0.2, 0.25) is 0 Å². The number of aromatic nitrogens is 1. The summed E-state index contributed by atoms with van der Waals surface area (Å²) >= 11 is 5.61. The van der Waals surface area contributed by atoms with Crippen molar-refractivity contribution in [1.29, 1.82) is 5.26 Å². The summed E-state index contributed by atoms with van der Waals surface area (Å²) in [6.07, 6.45) is 0. The number of hydrogen-bond acceptors (Lipinski definition) is 2. The standard InChI is InChI=1S/C7H5ClN2.C2H6/c1-5-2-3-6(8)7(4-9)10-5;1-2/h2-3H,1H3;1-2H3. The molecule has 0 fully saturated rings. The van der Waals surface area contributed by atoms with Crippen molar-refractivity contribution in [2.75, 3.05) is 0 Å². The summed E-state index contributed by atoms with van der Waals surface area (Å²) < 4.78 is 0. The van der Waals surface area contributed by atoms with Crippen LogP contribution in [0.4, 0.5) is 0 Å². The number of pyridine rings is 1. The van der Waals surface area contributed by atoms with Crippen LogP contribution < -0.4 is 0 Å². The summed E-state index contributed by atoms with van der Waals surface area (Å²) in [6, 6.07) is 5.33. The molecule has 2 nitrogen and oxygen atoms in total. The van der Waals surface area contributed by atoms with Gasteiger partial charge in [-0.15, -0.1) is 0 Å². The van der Waals surface area contributed by atoms with Crippen LogP contribution in [-0.2, 0) is 0 Å². The van der Waals surface area contributed by atoms with E-state index in [1.807, 2.05) is 26.8 Å². The first-order chi connectivity index (χ1) is 5.74. The van der Waals surface area contributed by atoms with E-state index in [0.29, 0.717) is 10.7 Å². The Hall–Kier alpha value is -1.07. The van der Waals surface area contributed by atoms with Crippen molar-refractivity contribution in [1.82, 2.24) is 4.98 Å². The van der Waals surface area contributed by atoms with Crippen molar-refractivity contribution in [3.63, 3.8) is 0 Å². The van der Waals surface area contributed by atoms with Crippen LogP contribution in [0.3, 0.4) is 0 Å². The van der Waals surface area contributed by atoms with Gasteiger partial charge in [0.15, 0.2) is 5.69 Å². The van der Waals surface area contributed by atoms with Crippen LogP contribution in [0.2, 0.25) is 5.02 Å². The zero-order valence-corrected chi connectivity index (χ0v) is 8.18. The molecule has 64 valence electrons. The van der Waals surface area contributed by atoms with Gasteiger partial charge < -0.3 is 0 Å². The molecule has 12 heavy (non-hydrogen) atoms. The molecule has 0 amide bonds. The van der Waals surface area contributed by atoms with E-state index in [-0.39, 0.29) is 0 Å². The number of hydrogen-bond donors (Lipinski definition) is 0. The van der Waals surface area contributed by atoms with Crippen molar-refractivity contribution in [2.45, 2.75) is 20.8 Å². The lowest BCUT2D eigenvalue weighted by molar-refractivity contribution is 1.17. The van der Waals surface area contributed by atoms with Crippen LogP contribution in [0.5, 0.6) is 0 Å². The molecular formula is C9H11ClN2. The van der Waals surface area contributed by atoms with E-state index >= 15 is 0 Å². The monoisotopic (exact) mass is 182 g/mol. The third-order valence-electron chi connectivity index (χ3n) is 1.09. The van der Waals surface area contributed by atoms with E-state index in [4.69, 9.17) is 16.9 Å². The van der Waals surface area contributed by atoms with Gasteiger partial charge in [-0.2, -0.15) is 5.26 Å².